The van der Waals surface area contributed by atoms with Gasteiger partial charge in [0.05, 0.1) is 0 Å². The van der Waals surface area contributed by atoms with Gasteiger partial charge < -0.3 is 5.32 Å². The van der Waals surface area contributed by atoms with Crippen molar-refractivity contribution in [2.45, 2.75) is 70.5 Å². The van der Waals surface area contributed by atoms with Gasteiger partial charge in [0, 0.05) is 37.3 Å². The molecule has 1 N–H and O–H groups in total. The van der Waals surface area contributed by atoms with Gasteiger partial charge in [-0.15, -0.1) is 0 Å². The van der Waals surface area contributed by atoms with E-state index in [9.17, 15) is 0 Å². The molecule has 0 amide bonds. The number of hydrogen-bond acceptors (Lipinski definition) is 3. The molecule has 0 aromatic carbocycles. The first-order valence-corrected chi connectivity index (χ1v) is 8.23. The van der Waals surface area contributed by atoms with E-state index < -0.39 is 0 Å². The number of hydrogen-bond donors (Lipinski definition) is 1. The molecule has 3 nitrogen and oxygen atoms in total. The number of piperazine rings is 1. The summed E-state index contributed by atoms with van der Waals surface area (Å²) in [5, 5.41) is 3.76. The standard InChI is InChI=1S/C16H33N3/c1-5-17-14-9-7-6-8-10-15(14)19-12-11-18(4)16(2,3)13-19/h14-15,17H,5-13H2,1-4H3. The van der Waals surface area contributed by atoms with Crippen LogP contribution >= 0.6 is 0 Å². The van der Waals surface area contributed by atoms with Gasteiger partial charge in [0.1, 0.15) is 0 Å². The van der Waals surface area contributed by atoms with E-state index in [1.807, 2.05) is 0 Å². The molecule has 0 aromatic rings. The van der Waals surface area contributed by atoms with Crippen LogP contribution in [0.1, 0.15) is 52.9 Å². The Morgan fingerprint density at radius 3 is 2.53 bits per heavy atom. The van der Waals surface area contributed by atoms with Gasteiger partial charge in [-0.25, -0.2) is 0 Å². The maximum absolute atomic E-state index is 3.76. The molecule has 1 aliphatic carbocycles. The summed E-state index contributed by atoms with van der Waals surface area (Å²) in [7, 11) is 2.27. The zero-order valence-corrected chi connectivity index (χ0v) is 13.4. The quantitative estimate of drug-likeness (QED) is 0.792. The van der Waals surface area contributed by atoms with E-state index in [-0.39, 0.29) is 0 Å². The molecule has 2 fully saturated rings. The summed E-state index contributed by atoms with van der Waals surface area (Å²) in [4.78, 5) is 5.29. The summed E-state index contributed by atoms with van der Waals surface area (Å²) in [6, 6.07) is 1.47. The first-order valence-electron chi connectivity index (χ1n) is 8.23. The van der Waals surface area contributed by atoms with Crippen LogP contribution in [0, 0.1) is 0 Å². The SMILES string of the molecule is CCNC1CCCCCC1N1CCN(C)C(C)(C)C1. The monoisotopic (exact) mass is 267 g/mol. The van der Waals surface area contributed by atoms with E-state index in [4.69, 9.17) is 0 Å². The Bertz CT molecular complexity index is 277. The van der Waals surface area contributed by atoms with Crippen LogP contribution in [0.2, 0.25) is 0 Å². The van der Waals surface area contributed by atoms with Crippen molar-refractivity contribution in [1.82, 2.24) is 15.1 Å². The fourth-order valence-corrected chi connectivity index (χ4v) is 3.79. The minimum atomic E-state index is 0.321. The average Bonchev–Trinajstić information content (AvgIpc) is 2.59. The number of nitrogens with one attached hydrogen (secondary N) is 1. The lowest BCUT2D eigenvalue weighted by Crippen LogP contribution is -2.62. The summed E-state index contributed by atoms with van der Waals surface area (Å²) in [5.41, 5.74) is 0.321. The number of nitrogens with zero attached hydrogens (tertiary/aromatic N) is 2. The molecule has 2 rings (SSSR count). The van der Waals surface area contributed by atoms with Gasteiger partial charge in [-0.05, 0) is 40.3 Å². The minimum absolute atomic E-state index is 0.321. The van der Waals surface area contributed by atoms with Crippen LogP contribution in [0.5, 0.6) is 0 Å². The molecule has 2 aliphatic rings. The maximum atomic E-state index is 3.76. The van der Waals surface area contributed by atoms with Crippen molar-refractivity contribution in [2.75, 3.05) is 33.2 Å². The molecule has 2 atom stereocenters. The van der Waals surface area contributed by atoms with Crippen molar-refractivity contribution >= 4 is 0 Å². The Morgan fingerprint density at radius 2 is 1.84 bits per heavy atom. The van der Waals surface area contributed by atoms with Crippen LogP contribution < -0.4 is 5.32 Å². The summed E-state index contributed by atoms with van der Waals surface area (Å²) in [6.45, 7) is 11.8. The number of likely N-dealkylation sites (N-methyl/N-ethyl adjacent to an activating group) is 2. The highest BCUT2D eigenvalue weighted by Gasteiger charge is 2.36. The normalized spacial score (nSPS) is 34.1. The minimum Gasteiger partial charge on any atom is -0.313 e. The second-order valence-corrected chi connectivity index (χ2v) is 7.07. The summed E-state index contributed by atoms with van der Waals surface area (Å²) < 4.78 is 0. The van der Waals surface area contributed by atoms with Gasteiger partial charge in [-0.2, -0.15) is 0 Å². The van der Waals surface area contributed by atoms with Crippen molar-refractivity contribution in [3.63, 3.8) is 0 Å². The zero-order valence-electron chi connectivity index (χ0n) is 13.4. The molecular formula is C16H33N3. The predicted octanol–water partition coefficient (Wildman–Crippen LogP) is 2.32. The van der Waals surface area contributed by atoms with Gasteiger partial charge in [-0.1, -0.05) is 26.2 Å². The van der Waals surface area contributed by atoms with Gasteiger partial charge in [0.15, 0.2) is 0 Å². The highest BCUT2D eigenvalue weighted by atomic mass is 15.3. The maximum Gasteiger partial charge on any atom is 0.0277 e. The van der Waals surface area contributed by atoms with E-state index >= 15 is 0 Å². The largest absolute Gasteiger partial charge is 0.313 e. The van der Waals surface area contributed by atoms with Gasteiger partial charge in [0.2, 0.25) is 0 Å². The smallest absolute Gasteiger partial charge is 0.0277 e. The predicted molar refractivity (Wildman–Crippen MR) is 82.6 cm³/mol. The Morgan fingerprint density at radius 1 is 1.11 bits per heavy atom. The lowest BCUT2D eigenvalue weighted by atomic mass is 9.94. The first-order chi connectivity index (χ1) is 9.04. The van der Waals surface area contributed by atoms with Crippen molar-refractivity contribution in [3.05, 3.63) is 0 Å². The summed E-state index contributed by atoms with van der Waals surface area (Å²) >= 11 is 0. The summed E-state index contributed by atoms with van der Waals surface area (Å²) in [6.07, 6.45) is 7.00. The fourth-order valence-electron chi connectivity index (χ4n) is 3.79. The molecule has 112 valence electrons. The van der Waals surface area contributed by atoms with Crippen LogP contribution in [0.4, 0.5) is 0 Å². The van der Waals surface area contributed by atoms with E-state index in [0.29, 0.717) is 11.6 Å². The Labute approximate surface area is 119 Å². The molecule has 19 heavy (non-hydrogen) atoms. The van der Waals surface area contributed by atoms with Crippen LogP contribution in [0.15, 0.2) is 0 Å². The van der Waals surface area contributed by atoms with Gasteiger partial charge in [0.25, 0.3) is 0 Å². The van der Waals surface area contributed by atoms with E-state index in [2.05, 4.69) is 42.9 Å². The number of rotatable bonds is 3. The van der Waals surface area contributed by atoms with Crippen LogP contribution in [0.3, 0.4) is 0 Å². The Balaban J connectivity index is 2.04. The topological polar surface area (TPSA) is 18.5 Å². The molecule has 0 spiro atoms. The Hall–Kier alpha value is -0.120. The van der Waals surface area contributed by atoms with E-state index in [1.54, 1.807) is 0 Å². The summed E-state index contributed by atoms with van der Waals surface area (Å²) in [5.74, 6) is 0. The lowest BCUT2D eigenvalue weighted by molar-refractivity contribution is 0.00566. The van der Waals surface area contributed by atoms with Crippen molar-refractivity contribution in [3.8, 4) is 0 Å². The second-order valence-electron chi connectivity index (χ2n) is 7.07. The third kappa shape index (κ3) is 3.71. The molecule has 0 aromatic heterocycles. The molecule has 3 heteroatoms. The zero-order chi connectivity index (χ0) is 13.9. The van der Waals surface area contributed by atoms with Crippen LogP contribution in [0.25, 0.3) is 0 Å². The Kier molecular flexibility index (Phi) is 5.27. The molecule has 1 saturated carbocycles. The van der Waals surface area contributed by atoms with Crippen molar-refractivity contribution in [2.24, 2.45) is 0 Å². The van der Waals surface area contributed by atoms with Gasteiger partial charge in [-0.3, -0.25) is 9.80 Å². The highest BCUT2D eigenvalue weighted by Crippen LogP contribution is 2.27. The molecule has 0 radical (unpaired) electrons. The van der Waals surface area contributed by atoms with Crippen molar-refractivity contribution in [1.29, 1.82) is 0 Å². The lowest BCUT2D eigenvalue weighted by Gasteiger charge is -2.49. The van der Waals surface area contributed by atoms with E-state index in [1.165, 1.54) is 51.7 Å². The van der Waals surface area contributed by atoms with Gasteiger partial charge >= 0.3 is 0 Å². The molecule has 1 heterocycles. The third-order valence-electron chi connectivity index (χ3n) is 5.26. The fraction of sp³-hybridized carbons (Fsp3) is 1.00. The van der Waals surface area contributed by atoms with Crippen LogP contribution in [-0.2, 0) is 0 Å². The van der Waals surface area contributed by atoms with Crippen LogP contribution in [-0.4, -0.2) is 60.6 Å². The average molecular weight is 267 g/mol. The first kappa shape index (κ1) is 15.3. The van der Waals surface area contributed by atoms with E-state index in [0.717, 1.165) is 12.6 Å². The highest BCUT2D eigenvalue weighted by molar-refractivity contribution is 4.95. The molecule has 1 aliphatic heterocycles. The molecule has 0 bridgehead atoms. The molecule has 2 unspecified atom stereocenters. The van der Waals surface area contributed by atoms with Crippen molar-refractivity contribution < 1.29 is 0 Å². The molecular weight excluding hydrogens is 234 g/mol. The third-order valence-corrected chi connectivity index (χ3v) is 5.26. The second kappa shape index (κ2) is 6.55. The molecule has 1 saturated heterocycles.